The maximum Gasteiger partial charge on any atom is 0.426 e. The van der Waals surface area contributed by atoms with Crippen LogP contribution in [0.25, 0.3) is 0 Å². The van der Waals surface area contributed by atoms with Crippen LogP contribution in [0.3, 0.4) is 0 Å². The Hall–Kier alpha value is -4.59. The highest BCUT2D eigenvalue weighted by Gasteiger charge is 2.59. The van der Waals surface area contributed by atoms with E-state index in [1.165, 1.54) is 25.1 Å². The molecule has 0 radical (unpaired) electrons. The lowest BCUT2D eigenvalue weighted by Crippen LogP contribution is -2.61. The number of nitrogens with one attached hydrogen (secondary N) is 3. The number of rotatable bonds is 12. The molecule has 2 heterocycles. The Balaban J connectivity index is 1.68. The predicted octanol–water partition coefficient (Wildman–Crippen LogP) is 3.28. The van der Waals surface area contributed by atoms with Crippen molar-refractivity contribution in [1.82, 2.24) is 35.6 Å². The molecule has 2 saturated heterocycles. The van der Waals surface area contributed by atoms with Gasteiger partial charge in [0.25, 0.3) is 5.91 Å². The number of likely N-dealkylation sites (N-methyl/N-ethyl adjacent to an activating group) is 3. The SMILES string of the molecule is CCC[C@H]1NC(=O)[C@H](Cc2cc(F)ccc2Cl)N(C)C(=O)[C@H](CC(C)C)NC(=O)[C@@H](N(C)C(=O)[C@@H](NC(=O)[C@@H]2C[C@@H](F)CN2C(=O)[C@@](C)(O)C(F)(F)F)C2CC2)CCCCN(C)C1=O. The third kappa shape index (κ3) is 12.6. The van der Waals surface area contributed by atoms with Crippen molar-refractivity contribution in [1.29, 1.82) is 0 Å². The number of hydrogen-bond acceptors (Lipinski definition) is 8. The third-order valence-electron chi connectivity index (χ3n) is 12.2. The summed E-state index contributed by atoms with van der Waals surface area (Å²) in [6, 6.07) is -4.43. The molecule has 0 unspecified atom stereocenters. The first-order chi connectivity index (χ1) is 29.8. The minimum atomic E-state index is -5.44. The summed E-state index contributed by atoms with van der Waals surface area (Å²) in [6.45, 7) is 4.93. The molecule has 1 saturated carbocycles. The van der Waals surface area contributed by atoms with E-state index >= 15 is 0 Å². The van der Waals surface area contributed by atoms with Gasteiger partial charge in [-0.1, -0.05) is 38.8 Å². The first-order valence-corrected chi connectivity index (χ1v) is 22.1. The van der Waals surface area contributed by atoms with E-state index in [1.807, 2.05) is 6.92 Å². The zero-order chi connectivity index (χ0) is 48.0. The van der Waals surface area contributed by atoms with Crippen molar-refractivity contribution >= 4 is 53.0 Å². The Morgan fingerprint density at radius 2 is 1.64 bits per heavy atom. The Morgan fingerprint density at radius 1 is 1.00 bits per heavy atom. The van der Waals surface area contributed by atoms with Crippen molar-refractivity contribution in [3.8, 4) is 0 Å². The van der Waals surface area contributed by atoms with Crippen molar-refractivity contribution < 1.29 is 60.6 Å². The molecule has 7 amide bonds. The summed E-state index contributed by atoms with van der Waals surface area (Å²) in [5.74, 6) is -7.74. The summed E-state index contributed by atoms with van der Waals surface area (Å²) < 4.78 is 70.0. The second kappa shape index (κ2) is 21.6. The molecule has 358 valence electrons. The van der Waals surface area contributed by atoms with Gasteiger partial charge in [-0.15, -0.1) is 0 Å². The number of nitrogens with zero attached hydrogens (tertiary/aromatic N) is 4. The van der Waals surface area contributed by atoms with Crippen LogP contribution in [-0.2, 0) is 40.0 Å². The van der Waals surface area contributed by atoms with Gasteiger partial charge in [-0.25, -0.2) is 8.78 Å². The van der Waals surface area contributed by atoms with Gasteiger partial charge in [-0.2, -0.15) is 13.2 Å². The minimum Gasteiger partial charge on any atom is -0.373 e. The van der Waals surface area contributed by atoms with E-state index in [4.69, 9.17) is 11.6 Å². The highest BCUT2D eigenvalue weighted by molar-refractivity contribution is 6.31. The number of amides is 7. The summed E-state index contributed by atoms with van der Waals surface area (Å²) in [6.07, 6.45) is -5.95. The van der Waals surface area contributed by atoms with E-state index in [1.54, 1.807) is 20.9 Å². The average molecular weight is 934 g/mol. The first kappa shape index (κ1) is 52.0. The highest BCUT2D eigenvalue weighted by atomic mass is 35.5. The highest BCUT2D eigenvalue weighted by Crippen LogP contribution is 2.36. The van der Waals surface area contributed by atoms with Gasteiger partial charge in [0.1, 0.15) is 48.2 Å². The van der Waals surface area contributed by atoms with Crippen LogP contribution in [0.2, 0.25) is 5.02 Å². The smallest absolute Gasteiger partial charge is 0.373 e. The number of carbonyl (C=O) groups is 7. The molecule has 1 aliphatic carbocycles. The molecule has 1 aromatic carbocycles. The monoisotopic (exact) mass is 933 g/mol. The number of halogens is 6. The van der Waals surface area contributed by atoms with E-state index in [-0.39, 0.29) is 62.1 Å². The Kier molecular flexibility index (Phi) is 17.6. The fourth-order valence-electron chi connectivity index (χ4n) is 8.14. The van der Waals surface area contributed by atoms with Crippen molar-refractivity contribution in [2.24, 2.45) is 11.8 Å². The number of alkyl halides is 4. The quantitative estimate of drug-likeness (QED) is 0.230. The van der Waals surface area contributed by atoms with Crippen molar-refractivity contribution in [2.45, 2.75) is 146 Å². The second-order valence-corrected chi connectivity index (χ2v) is 18.3. The van der Waals surface area contributed by atoms with Gasteiger partial charge in [0, 0.05) is 45.6 Å². The fourth-order valence-corrected chi connectivity index (χ4v) is 8.34. The van der Waals surface area contributed by atoms with Gasteiger partial charge in [0.15, 0.2) is 0 Å². The molecule has 0 spiro atoms. The van der Waals surface area contributed by atoms with Gasteiger partial charge in [-0.3, -0.25) is 33.6 Å². The lowest BCUT2D eigenvalue weighted by atomic mass is 9.98. The maximum atomic E-state index is 14.7. The molecule has 0 bridgehead atoms. The number of hydrogen-bond donors (Lipinski definition) is 4. The van der Waals surface area contributed by atoms with Gasteiger partial charge >= 0.3 is 6.18 Å². The van der Waals surface area contributed by atoms with Crippen LogP contribution in [-0.4, -0.2) is 154 Å². The summed E-state index contributed by atoms with van der Waals surface area (Å²) in [5, 5.41) is 18.3. The number of carbonyl (C=O) groups excluding carboxylic acids is 7. The predicted molar refractivity (Wildman–Crippen MR) is 224 cm³/mol. The molecular formula is C43H61ClF5N7O8. The molecule has 1 aromatic rings. The van der Waals surface area contributed by atoms with E-state index < -0.39 is 120 Å². The van der Waals surface area contributed by atoms with Crippen LogP contribution in [0, 0.1) is 17.7 Å². The van der Waals surface area contributed by atoms with Gasteiger partial charge in [-0.05, 0) is 87.5 Å². The number of aliphatic hydroxyl groups is 1. The number of likely N-dealkylation sites (tertiary alicyclic amines) is 1. The molecule has 2 aliphatic heterocycles. The molecule has 0 aromatic heterocycles. The standard InChI is InChI=1S/C43H61ClF5N7O8/c1-8-11-29-38(60)53(5)17-10-9-12-31(35(57)51-30(18-23(2)3)39(61)55(7)32(36(58)50-29)20-25-19-26(45)15-16-28(25)44)54(6)40(62)34(24-13-14-24)52-37(59)33-21-27(46)22-56(33)41(63)42(4,64)43(47,48)49/h15-16,19,23-24,27,29-34,64H,8-14,17-18,20-22H2,1-7H3,(H,50,58)(H,51,57)(H,52,59)/t27-,29-,30+,31+,32+,33+,34+,42-/m1/s1. The van der Waals surface area contributed by atoms with Gasteiger partial charge < -0.3 is 40.7 Å². The second-order valence-electron chi connectivity index (χ2n) is 17.9. The average Bonchev–Trinajstić information content (AvgIpc) is 3.99. The molecule has 4 N–H and O–H groups in total. The van der Waals surface area contributed by atoms with Crippen LogP contribution in [0.15, 0.2) is 18.2 Å². The summed E-state index contributed by atoms with van der Waals surface area (Å²) in [5.41, 5.74) is -3.72. The lowest BCUT2D eigenvalue weighted by molar-refractivity contribution is -0.250. The molecule has 21 heteroatoms. The van der Waals surface area contributed by atoms with Crippen molar-refractivity contribution in [2.75, 3.05) is 34.2 Å². The third-order valence-corrected chi connectivity index (χ3v) is 12.6. The lowest BCUT2D eigenvalue weighted by Gasteiger charge is -2.36. The Morgan fingerprint density at radius 3 is 2.23 bits per heavy atom. The molecule has 4 rings (SSSR count). The van der Waals surface area contributed by atoms with Crippen LogP contribution in [0.4, 0.5) is 22.0 Å². The molecule has 15 nitrogen and oxygen atoms in total. The normalized spacial score (nSPS) is 26.0. The largest absolute Gasteiger partial charge is 0.426 e. The van der Waals surface area contributed by atoms with Crippen LogP contribution in [0.5, 0.6) is 0 Å². The van der Waals surface area contributed by atoms with Gasteiger partial charge in [0.2, 0.25) is 41.0 Å². The Labute approximate surface area is 375 Å². The van der Waals surface area contributed by atoms with E-state index in [9.17, 15) is 60.6 Å². The van der Waals surface area contributed by atoms with Crippen molar-refractivity contribution in [3.05, 3.63) is 34.6 Å². The molecule has 8 atom stereocenters. The fraction of sp³-hybridized carbons (Fsp3) is 0.698. The maximum absolute atomic E-state index is 14.7. The molecule has 64 heavy (non-hydrogen) atoms. The topological polar surface area (TPSA) is 189 Å². The van der Waals surface area contributed by atoms with E-state index in [0.717, 1.165) is 21.9 Å². The zero-order valence-electron chi connectivity index (χ0n) is 37.3. The zero-order valence-corrected chi connectivity index (χ0v) is 38.0. The molecular weight excluding hydrogens is 873 g/mol. The van der Waals surface area contributed by atoms with Gasteiger partial charge in [0.05, 0.1) is 6.54 Å². The number of benzene rings is 1. The summed E-state index contributed by atoms with van der Waals surface area (Å²) >= 11 is 6.42. The Bertz CT molecular complexity index is 1900. The first-order valence-electron chi connectivity index (χ1n) is 21.7. The summed E-state index contributed by atoms with van der Waals surface area (Å²) in [7, 11) is 4.21. The van der Waals surface area contributed by atoms with Crippen molar-refractivity contribution in [3.63, 3.8) is 0 Å². The minimum absolute atomic E-state index is 0.0106. The molecule has 3 aliphatic rings. The summed E-state index contributed by atoms with van der Waals surface area (Å²) in [4.78, 5) is 102. The van der Waals surface area contributed by atoms with Crippen LogP contribution in [0.1, 0.15) is 91.0 Å². The van der Waals surface area contributed by atoms with E-state index in [2.05, 4.69) is 16.0 Å². The molecule has 3 fully saturated rings. The van der Waals surface area contributed by atoms with Crippen LogP contribution >= 0.6 is 11.6 Å². The van der Waals surface area contributed by atoms with Crippen LogP contribution < -0.4 is 16.0 Å². The van der Waals surface area contributed by atoms with E-state index in [0.29, 0.717) is 30.6 Å².